The lowest BCUT2D eigenvalue weighted by Crippen LogP contribution is -2.22. The highest BCUT2D eigenvalue weighted by atomic mass is 19.1. The topological polar surface area (TPSA) is 109 Å². The molecular weight excluding hydrogens is 375 g/mol. The molecule has 148 valence electrons. The highest BCUT2D eigenvalue weighted by molar-refractivity contribution is 5.94. The van der Waals surface area contributed by atoms with Crippen LogP contribution in [0.3, 0.4) is 0 Å². The van der Waals surface area contributed by atoms with E-state index in [-0.39, 0.29) is 23.9 Å². The lowest BCUT2D eigenvalue weighted by molar-refractivity contribution is 0.0696. The minimum Gasteiger partial charge on any atom is -0.478 e. The van der Waals surface area contributed by atoms with Crippen LogP contribution in [-0.2, 0) is 6.54 Å². The molecule has 3 rings (SSSR count). The van der Waals surface area contributed by atoms with E-state index in [9.17, 15) is 18.8 Å². The molecule has 4 N–H and O–H groups in total. The zero-order valence-corrected chi connectivity index (χ0v) is 15.3. The van der Waals surface area contributed by atoms with Gasteiger partial charge in [-0.2, -0.15) is 0 Å². The molecule has 0 saturated heterocycles. The number of amides is 2. The van der Waals surface area contributed by atoms with Crippen LogP contribution in [0, 0.1) is 5.82 Å². The maximum absolute atomic E-state index is 12.7. The van der Waals surface area contributed by atoms with Gasteiger partial charge in [0, 0.05) is 17.7 Å². The summed E-state index contributed by atoms with van der Waals surface area (Å²) in [5.74, 6) is -2.08. The molecule has 0 aliphatic heterocycles. The number of carbonyl (C=O) groups is 3. The second-order valence-corrected chi connectivity index (χ2v) is 5.92. The number of carboxylic acid groups (broad SMARTS) is 1. The van der Waals surface area contributed by atoms with E-state index in [1.807, 2.05) is 6.07 Å². The van der Waals surface area contributed by atoms with E-state index in [1.165, 1.54) is 36.4 Å². The van der Waals surface area contributed by atoms with E-state index in [0.29, 0.717) is 11.1 Å². The van der Waals surface area contributed by atoms with Crippen molar-refractivity contribution in [3.63, 3.8) is 0 Å². The summed E-state index contributed by atoms with van der Waals surface area (Å²) in [6.45, 7) is 0.274. The van der Waals surface area contributed by atoms with E-state index in [4.69, 9.17) is 10.8 Å². The first-order chi connectivity index (χ1) is 13.9. The maximum atomic E-state index is 12.7. The number of halogens is 1. The Kier molecular flexibility index (Phi) is 7.61. The minimum atomic E-state index is -0.994. The van der Waals surface area contributed by atoms with E-state index >= 15 is 0 Å². The normalized spacial score (nSPS) is 9.69. The monoisotopic (exact) mass is 394 g/mol. The fourth-order valence-electron chi connectivity index (χ4n) is 2.25. The van der Waals surface area contributed by atoms with Crippen molar-refractivity contribution in [1.82, 2.24) is 5.32 Å². The summed E-state index contributed by atoms with van der Waals surface area (Å²) >= 11 is 0. The van der Waals surface area contributed by atoms with Crippen LogP contribution in [-0.4, -0.2) is 22.9 Å². The number of aromatic carboxylic acids is 1. The molecular formula is C22H19FN2O4. The smallest absolute Gasteiger partial charge is 0.335 e. The molecule has 0 saturated carbocycles. The number of primary amides is 1. The molecule has 3 aromatic carbocycles. The highest BCUT2D eigenvalue weighted by Crippen LogP contribution is 2.06. The first-order valence-electron chi connectivity index (χ1n) is 8.57. The molecule has 0 fully saturated rings. The molecule has 0 aromatic heterocycles. The van der Waals surface area contributed by atoms with Crippen LogP contribution in [0.4, 0.5) is 4.39 Å². The SMILES string of the molecule is NC(=O)c1ccccc1.O=C(O)c1ccc(CNC(=O)c2ccc(F)cc2)cc1. The highest BCUT2D eigenvalue weighted by Gasteiger charge is 2.06. The number of nitrogens with two attached hydrogens (primary N) is 1. The molecule has 29 heavy (non-hydrogen) atoms. The third kappa shape index (κ3) is 6.91. The van der Waals surface area contributed by atoms with Crippen molar-refractivity contribution in [2.75, 3.05) is 0 Å². The lowest BCUT2D eigenvalue weighted by atomic mass is 10.1. The number of carboxylic acids is 1. The van der Waals surface area contributed by atoms with E-state index in [2.05, 4.69) is 5.32 Å². The summed E-state index contributed by atoms with van der Waals surface area (Å²) in [5.41, 5.74) is 6.87. The van der Waals surface area contributed by atoms with Gasteiger partial charge in [-0.1, -0.05) is 30.3 Å². The van der Waals surface area contributed by atoms with Gasteiger partial charge in [-0.15, -0.1) is 0 Å². The van der Waals surface area contributed by atoms with E-state index in [1.54, 1.807) is 36.4 Å². The number of carbonyl (C=O) groups excluding carboxylic acids is 2. The Balaban J connectivity index is 0.000000278. The summed E-state index contributed by atoms with van der Waals surface area (Å²) in [5, 5.41) is 11.4. The van der Waals surface area contributed by atoms with Gasteiger partial charge in [-0.25, -0.2) is 9.18 Å². The van der Waals surface area contributed by atoms with Gasteiger partial charge in [-0.05, 0) is 54.1 Å². The van der Waals surface area contributed by atoms with Crippen molar-refractivity contribution in [3.8, 4) is 0 Å². The quantitative estimate of drug-likeness (QED) is 0.617. The van der Waals surface area contributed by atoms with Crippen LogP contribution < -0.4 is 11.1 Å². The lowest BCUT2D eigenvalue weighted by Gasteiger charge is -2.05. The number of rotatable bonds is 5. The van der Waals surface area contributed by atoms with Gasteiger partial charge >= 0.3 is 5.97 Å². The number of hydrogen-bond donors (Lipinski definition) is 3. The van der Waals surface area contributed by atoms with Crippen LogP contribution in [0.25, 0.3) is 0 Å². The molecule has 0 bridgehead atoms. The summed E-state index contributed by atoms with van der Waals surface area (Å²) in [4.78, 5) is 32.9. The standard InChI is InChI=1S/C15H12FNO3.C7H7NO/c16-13-7-5-11(6-8-13)14(18)17-9-10-1-3-12(4-2-10)15(19)20;8-7(9)6-4-2-1-3-5-6/h1-8H,9H2,(H,17,18)(H,19,20);1-5H,(H2,8,9). The predicted molar refractivity (Wildman–Crippen MR) is 106 cm³/mol. The summed E-state index contributed by atoms with van der Waals surface area (Å²) in [7, 11) is 0. The van der Waals surface area contributed by atoms with Crippen molar-refractivity contribution in [2.24, 2.45) is 5.73 Å². The van der Waals surface area contributed by atoms with Crippen molar-refractivity contribution >= 4 is 17.8 Å². The Morgan fingerprint density at radius 1 is 0.793 bits per heavy atom. The molecule has 0 aliphatic rings. The van der Waals surface area contributed by atoms with Gasteiger partial charge in [0.05, 0.1) is 5.56 Å². The second-order valence-electron chi connectivity index (χ2n) is 5.92. The van der Waals surface area contributed by atoms with Crippen molar-refractivity contribution in [3.05, 3.63) is 107 Å². The Labute approximate surface area is 166 Å². The minimum absolute atomic E-state index is 0.193. The molecule has 0 atom stereocenters. The molecule has 0 spiro atoms. The van der Waals surface area contributed by atoms with Crippen LogP contribution in [0.5, 0.6) is 0 Å². The molecule has 0 aliphatic carbocycles. The van der Waals surface area contributed by atoms with E-state index < -0.39 is 11.8 Å². The van der Waals surface area contributed by atoms with Crippen LogP contribution in [0.1, 0.15) is 36.6 Å². The summed E-state index contributed by atoms with van der Waals surface area (Å²) in [6.07, 6.45) is 0. The molecule has 0 radical (unpaired) electrons. The van der Waals surface area contributed by atoms with Crippen molar-refractivity contribution < 1.29 is 23.9 Å². The zero-order chi connectivity index (χ0) is 21.2. The van der Waals surface area contributed by atoms with Crippen LogP contribution in [0.15, 0.2) is 78.9 Å². The Morgan fingerprint density at radius 2 is 1.34 bits per heavy atom. The average molecular weight is 394 g/mol. The number of nitrogens with one attached hydrogen (secondary N) is 1. The number of hydrogen-bond acceptors (Lipinski definition) is 3. The van der Waals surface area contributed by atoms with Gasteiger partial charge in [0.15, 0.2) is 0 Å². The molecule has 6 nitrogen and oxygen atoms in total. The predicted octanol–water partition coefficient (Wildman–Crippen LogP) is 3.24. The van der Waals surface area contributed by atoms with Crippen molar-refractivity contribution in [2.45, 2.75) is 6.54 Å². The summed E-state index contributed by atoms with van der Waals surface area (Å²) < 4.78 is 12.7. The first kappa shape index (κ1) is 21.3. The third-order valence-electron chi connectivity index (χ3n) is 3.82. The largest absolute Gasteiger partial charge is 0.478 e. The van der Waals surface area contributed by atoms with Gasteiger partial charge < -0.3 is 16.2 Å². The Bertz CT molecular complexity index is 972. The Hall–Kier alpha value is -4.00. The van der Waals surface area contributed by atoms with Gasteiger partial charge in [0.25, 0.3) is 5.91 Å². The molecule has 2 amide bonds. The first-order valence-corrected chi connectivity index (χ1v) is 8.57. The number of benzene rings is 3. The zero-order valence-electron chi connectivity index (χ0n) is 15.3. The van der Waals surface area contributed by atoms with Crippen molar-refractivity contribution in [1.29, 1.82) is 0 Å². The fraction of sp³-hybridized carbons (Fsp3) is 0.0455. The second kappa shape index (κ2) is 10.4. The maximum Gasteiger partial charge on any atom is 0.335 e. The van der Waals surface area contributed by atoms with E-state index in [0.717, 1.165) is 5.56 Å². The van der Waals surface area contributed by atoms with Gasteiger partial charge in [0.2, 0.25) is 5.91 Å². The Morgan fingerprint density at radius 3 is 1.83 bits per heavy atom. The molecule has 0 heterocycles. The van der Waals surface area contributed by atoms with Gasteiger partial charge in [0.1, 0.15) is 5.82 Å². The molecule has 7 heteroatoms. The fourth-order valence-corrected chi connectivity index (χ4v) is 2.25. The third-order valence-corrected chi connectivity index (χ3v) is 3.82. The molecule has 3 aromatic rings. The molecule has 0 unspecified atom stereocenters. The van der Waals surface area contributed by atoms with Crippen LogP contribution in [0.2, 0.25) is 0 Å². The average Bonchev–Trinajstić information content (AvgIpc) is 2.74. The van der Waals surface area contributed by atoms with Gasteiger partial charge in [-0.3, -0.25) is 9.59 Å². The van der Waals surface area contributed by atoms with Crippen LogP contribution >= 0.6 is 0 Å². The summed E-state index contributed by atoms with van der Waals surface area (Å²) in [6, 6.07) is 20.2.